The molecule has 0 spiro atoms. The van der Waals surface area contributed by atoms with Crippen LogP contribution in [0.15, 0.2) is 191 Å². The third-order valence-corrected chi connectivity index (χ3v) is 10.3. The Morgan fingerprint density at radius 1 is 0.481 bits per heavy atom. The smallest absolute Gasteiger partial charge is 0.227 e. The fraction of sp³-hybridized carbons (Fsp3) is 0. The minimum atomic E-state index is 0.599. The van der Waals surface area contributed by atoms with E-state index in [9.17, 15) is 0 Å². The van der Waals surface area contributed by atoms with Gasteiger partial charge in [0.15, 0.2) is 11.2 Å². The Kier molecular flexibility index (Phi) is 6.75. The van der Waals surface area contributed by atoms with Crippen molar-refractivity contribution in [2.75, 3.05) is 4.90 Å². The van der Waals surface area contributed by atoms with Crippen LogP contribution in [0.3, 0.4) is 0 Å². The van der Waals surface area contributed by atoms with Gasteiger partial charge in [0.25, 0.3) is 0 Å². The number of furan rings is 1. The minimum absolute atomic E-state index is 0.599. The fourth-order valence-electron chi connectivity index (χ4n) is 7.75. The second-order valence-electron chi connectivity index (χ2n) is 13.5. The maximum atomic E-state index is 6.14. The summed E-state index contributed by atoms with van der Waals surface area (Å²) in [4.78, 5) is 11.4. The molecule has 54 heavy (non-hydrogen) atoms. The molecule has 0 saturated heterocycles. The number of benzene rings is 7. The first-order valence-corrected chi connectivity index (χ1v) is 18.0. The lowest BCUT2D eigenvalue weighted by atomic mass is 10.0. The van der Waals surface area contributed by atoms with Crippen molar-refractivity contribution in [3.05, 3.63) is 182 Å². The molecule has 254 valence electrons. The molecule has 6 nitrogen and oxygen atoms in total. The van der Waals surface area contributed by atoms with Crippen LogP contribution in [0.1, 0.15) is 0 Å². The molecule has 0 aliphatic carbocycles. The molecule has 11 aromatic rings. The van der Waals surface area contributed by atoms with Gasteiger partial charge in [-0.3, -0.25) is 4.98 Å². The highest BCUT2D eigenvalue weighted by Crippen LogP contribution is 2.40. The number of aromatic nitrogens is 3. The number of rotatable bonds is 6. The highest BCUT2D eigenvalue weighted by atomic mass is 16.3. The van der Waals surface area contributed by atoms with E-state index in [1.165, 1.54) is 32.6 Å². The molecule has 0 bridgehead atoms. The number of para-hydroxylation sites is 3. The number of hydrogen-bond acceptors (Lipinski definition) is 5. The summed E-state index contributed by atoms with van der Waals surface area (Å²) < 4.78 is 14.6. The number of anilines is 3. The van der Waals surface area contributed by atoms with Gasteiger partial charge < -0.3 is 18.3 Å². The standard InChI is InChI=1S/C48H30N4O2/c1-2-9-38-31(8-1)19-28-43-47(38)39-10-3-5-12-42(39)52(43)37-26-24-36(25-27-37)51(34-20-15-32(16-21-34)46-30-41-45(53-46)14-7-29-49-41)35-22-17-33(18-23-35)48-50-40-11-4-6-13-44(40)54-48/h1-30H. The van der Waals surface area contributed by atoms with E-state index in [4.69, 9.17) is 13.8 Å². The van der Waals surface area contributed by atoms with E-state index < -0.39 is 0 Å². The molecule has 0 amide bonds. The van der Waals surface area contributed by atoms with Gasteiger partial charge in [-0.1, -0.05) is 60.7 Å². The normalized spacial score (nSPS) is 11.7. The van der Waals surface area contributed by atoms with E-state index in [-0.39, 0.29) is 0 Å². The van der Waals surface area contributed by atoms with E-state index in [1.54, 1.807) is 6.20 Å². The summed E-state index contributed by atoms with van der Waals surface area (Å²) in [6.07, 6.45) is 1.78. The zero-order chi connectivity index (χ0) is 35.6. The summed E-state index contributed by atoms with van der Waals surface area (Å²) in [6, 6.07) is 61.1. The molecule has 0 radical (unpaired) electrons. The Labute approximate surface area is 309 Å². The number of pyridine rings is 1. The first-order chi connectivity index (χ1) is 26.7. The van der Waals surface area contributed by atoms with E-state index in [2.05, 4.69) is 148 Å². The Morgan fingerprint density at radius 3 is 1.91 bits per heavy atom. The lowest BCUT2D eigenvalue weighted by Gasteiger charge is -2.26. The van der Waals surface area contributed by atoms with Crippen LogP contribution in [-0.2, 0) is 0 Å². The van der Waals surface area contributed by atoms with E-state index in [0.29, 0.717) is 5.89 Å². The number of nitrogens with zero attached hydrogens (tertiary/aromatic N) is 4. The van der Waals surface area contributed by atoms with Gasteiger partial charge in [0, 0.05) is 56.9 Å². The lowest BCUT2D eigenvalue weighted by Crippen LogP contribution is -2.10. The van der Waals surface area contributed by atoms with Crippen molar-refractivity contribution in [3.63, 3.8) is 0 Å². The van der Waals surface area contributed by atoms with Gasteiger partial charge in [-0.15, -0.1) is 0 Å². The quantitative estimate of drug-likeness (QED) is 0.173. The fourth-order valence-corrected chi connectivity index (χ4v) is 7.75. The predicted octanol–water partition coefficient (Wildman–Crippen LogP) is 13.0. The number of fused-ring (bicyclic) bond motifs is 7. The maximum Gasteiger partial charge on any atom is 0.227 e. The van der Waals surface area contributed by atoms with Gasteiger partial charge >= 0.3 is 0 Å². The summed E-state index contributed by atoms with van der Waals surface area (Å²) >= 11 is 0. The summed E-state index contributed by atoms with van der Waals surface area (Å²) in [5.41, 5.74) is 11.6. The lowest BCUT2D eigenvalue weighted by molar-refractivity contribution is 0.620. The first-order valence-electron chi connectivity index (χ1n) is 18.0. The summed E-state index contributed by atoms with van der Waals surface area (Å²) in [6.45, 7) is 0. The molecule has 0 aliphatic rings. The van der Waals surface area contributed by atoms with Gasteiger partial charge in [-0.05, 0) is 120 Å². The van der Waals surface area contributed by atoms with E-state index >= 15 is 0 Å². The molecule has 0 unspecified atom stereocenters. The number of oxazole rings is 1. The Bertz CT molecular complexity index is 2970. The highest BCUT2D eigenvalue weighted by Gasteiger charge is 2.18. The molecule has 0 fully saturated rings. The van der Waals surface area contributed by atoms with Crippen LogP contribution in [0.2, 0.25) is 0 Å². The third-order valence-electron chi connectivity index (χ3n) is 10.3. The van der Waals surface area contributed by atoms with Crippen molar-refractivity contribution in [1.29, 1.82) is 0 Å². The molecule has 0 saturated carbocycles. The molecular weight excluding hydrogens is 665 g/mol. The largest absolute Gasteiger partial charge is 0.454 e. The second-order valence-corrected chi connectivity index (χ2v) is 13.5. The predicted molar refractivity (Wildman–Crippen MR) is 219 cm³/mol. The first kappa shape index (κ1) is 30.2. The van der Waals surface area contributed by atoms with Gasteiger partial charge in [0.2, 0.25) is 5.89 Å². The van der Waals surface area contributed by atoms with Crippen molar-refractivity contribution in [3.8, 4) is 28.5 Å². The van der Waals surface area contributed by atoms with Gasteiger partial charge in [0.1, 0.15) is 16.8 Å². The van der Waals surface area contributed by atoms with Crippen molar-refractivity contribution in [1.82, 2.24) is 14.5 Å². The Hall–Kier alpha value is -7.44. The minimum Gasteiger partial charge on any atom is -0.454 e. The van der Waals surface area contributed by atoms with Crippen LogP contribution in [0.4, 0.5) is 17.1 Å². The summed E-state index contributed by atoms with van der Waals surface area (Å²) in [5, 5.41) is 5.02. The van der Waals surface area contributed by atoms with Crippen molar-refractivity contribution in [2.24, 2.45) is 0 Å². The molecule has 0 N–H and O–H groups in total. The number of hydrogen-bond donors (Lipinski definition) is 0. The van der Waals surface area contributed by atoms with Crippen LogP contribution in [0, 0.1) is 0 Å². The van der Waals surface area contributed by atoms with E-state index in [0.717, 1.165) is 61.8 Å². The van der Waals surface area contributed by atoms with Crippen LogP contribution in [0.5, 0.6) is 0 Å². The topological polar surface area (TPSA) is 60.2 Å². The van der Waals surface area contributed by atoms with Crippen LogP contribution < -0.4 is 4.90 Å². The van der Waals surface area contributed by atoms with Crippen LogP contribution in [0.25, 0.3) is 83.2 Å². The zero-order valence-electron chi connectivity index (χ0n) is 28.9. The van der Waals surface area contributed by atoms with Crippen molar-refractivity contribution in [2.45, 2.75) is 0 Å². The molecule has 6 heteroatoms. The van der Waals surface area contributed by atoms with Crippen LogP contribution in [-0.4, -0.2) is 14.5 Å². The summed E-state index contributed by atoms with van der Waals surface area (Å²) in [7, 11) is 0. The average molecular weight is 695 g/mol. The summed E-state index contributed by atoms with van der Waals surface area (Å²) in [5.74, 6) is 1.38. The monoisotopic (exact) mass is 694 g/mol. The molecule has 4 heterocycles. The molecular formula is C48H30N4O2. The Balaban J connectivity index is 1.01. The molecule has 11 rings (SSSR count). The van der Waals surface area contributed by atoms with Crippen molar-refractivity contribution >= 4 is 71.8 Å². The molecule has 7 aromatic carbocycles. The third kappa shape index (κ3) is 4.89. The van der Waals surface area contributed by atoms with Gasteiger partial charge in [-0.2, -0.15) is 0 Å². The second kappa shape index (κ2) is 12.1. The average Bonchev–Trinajstić information content (AvgIpc) is 3.96. The Morgan fingerprint density at radius 2 is 1.13 bits per heavy atom. The van der Waals surface area contributed by atoms with Crippen LogP contribution >= 0.6 is 0 Å². The molecule has 4 aromatic heterocycles. The maximum absolute atomic E-state index is 6.14. The van der Waals surface area contributed by atoms with Crippen molar-refractivity contribution < 1.29 is 8.83 Å². The van der Waals surface area contributed by atoms with E-state index in [1.807, 2.05) is 42.5 Å². The zero-order valence-corrected chi connectivity index (χ0v) is 28.9. The molecule has 0 aliphatic heterocycles. The SMILES string of the molecule is c1ccc2c(c1)ccc1c2c2ccccc2n1-c1ccc(N(c2ccc(-c3cc4ncccc4o3)cc2)c2ccc(-c3nc4ccccc4o3)cc2)cc1. The molecule has 0 atom stereocenters. The highest BCUT2D eigenvalue weighted by molar-refractivity contribution is 6.21. The van der Waals surface area contributed by atoms with Gasteiger partial charge in [-0.25, -0.2) is 4.98 Å². The van der Waals surface area contributed by atoms with Gasteiger partial charge in [0.05, 0.1) is 11.0 Å².